The van der Waals surface area contributed by atoms with E-state index in [9.17, 15) is 4.79 Å². The van der Waals surface area contributed by atoms with Crippen molar-refractivity contribution in [3.63, 3.8) is 0 Å². The summed E-state index contributed by atoms with van der Waals surface area (Å²) in [6.07, 6.45) is 1.95. The molecule has 250 valence electrons. The number of rotatable bonds is 9. The van der Waals surface area contributed by atoms with Gasteiger partial charge in [-0.3, -0.25) is 4.90 Å². The third-order valence-corrected chi connectivity index (χ3v) is 10.6. The van der Waals surface area contributed by atoms with E-state index in [0.717, 1.165) is 58.5 Å². The second kappa shape index (κ2) is 15.0. The normalized spacial score (nSPS) is 19.6. The summed E-state index contributed by atoms with van der Waals surface area (Å²) in [4.78, 5) is 18.3. The van der Waals surface area contributed by atoms with Gasteiger partial charge < -0.3 is 19.7 Å². The van der Waals surface area contributed by atoms with Gasteiger partial charge in [-0.05, 0) is 78.0 Å². The summed E-state index contributed by atoms with van der Waals surface area (Å²) in [5, 5.41) is 3.13. The molecule has 49 heavy (non-hydrogen) atoms. The maximum absolute atomic E-state index is 13.7. The number of amides is 2. The molecular formula is C42H42BrN3O3. The van der Waals surface area contributed by atoms with E-state index in [1.54, 1.807) is 7.11 Å². The Hall–Kier alpha value is -4.43. The summed E-state index contributed by atoms with van der Waals surface area (Å²) in [6.45, 7) is 2.85. The Morgan fingerprint density at radius 3 is 1.86 bits per heavy atom. The Kier molecular flexibility index (Phi) is 10.1. The largest absolute Gasteiger partial charge is 0.497 e. The SMILES string of the molecule is COc1ccc(NC(=O)N2CCCCN3[C@H](COC(c4ccccc4)(c4ccccc4)c4ccccc4)[C@H](c4ccc(Br)cc4)[C@@H]3C2)cc1. The third kappa shape index (κ3) is 6.89. The molecule has 3 atom stereocenters. The van der Waals surface area contributed by atoms with Crippen molar-refractivity contribution in [3.05, 3.63) is 166 Å². The molecule has 0 spiro atoms. The zero-order valence-electron chi connectivity index (χ0n) is 27.8. The van der Waals surface area contributed by atoms with Crippen LogP contribution in [0.3, 0.4) is 0 Å². The van der Waals surface area contributed by atoms with Crippen LogP contribution in [-0.4, -0.2) is 61.3 Å². The average Bonchev–Trinajstić information content (AvgIpc) is 3.14. The van der Waals surface area contributed by atoms with E-state index >= 15 is 0 Å². The number of urea groups is 1. The molecule has 0 bridgehead atoms. The second-order valence-electron chi connectivity index (χ2n) is 12.9. The molecule has 2 aliphatic heterocycles. The topological polar surface area (TPSA) is 54.0 Å². The summed E-state index contributed by atoms with van der Waals surface area (Å²) < 4.78 is 13.8. The van der Waals surface area contributed by atoms with Crippen LogP contribution >= 0.6 is 15.9 Å². The van der Waals surface area contributed by atoms with Gasteiger partial charge in [-0.1, -0.05) is 119 Å². The van der Waals surface area contributed by atoms with Crippen molar-refractivity contribution < 1.29 is 14.3 Å². The molecule has 7 rings (SSSR count). The van der Waals surface area contributed by atoms with Gasteiger partial charge in [-0.2, -0.15) is 0 Å². The number of nitrogens with zero attached hydrogens (tertiary/aromatic N) is 2. The van der Waals surface area contributed by atoms with Crippen LogP contribution in [0, 0.1) is 0 Å². The molecule has 0 unspecified atom stereocenters. The van der Waals surface area contributed by atoms with E-state index in [1.807, 2.05) is 29.2 Å². The van der Waals surface area contributed by atoms with Crippen molar-refractivity contribution in [1.29, 1.82) is 0 Å². The standard InChI is InChI=1S/C42H42BrN3O3/c1-48-37-25-23-36(24-26-37)44-41(47)45-27-11-12-28-46-38(29-45)40(31-19-21-35(43)22-20-31)39(46)30-49-42(32-13-5-2-6-14-32,33-15-7-3-8-16-33)34-17-9-4-10-18-34/h2-10,13-26,38-40H,11-12,27-30H2,1H3,(H,44,47)/t38-,39+,40+/m0/s1. The fraction of sp³-hybridized carbons (Fsp3) is 0.262. The molecule has 0 aliphatic carbocycles. The maximum Gasteiger partial charge on any atom is 0.321 e. The van der Waals surface area contributed by atoms with Gasteiger partial charge in [0.15, 0.2) is 0 Å². The molecule has 2 fully saturated rings. The van der Waals surface area contributed by atoms with E-state index in [4.69, 9.17) is 9.47 Å². The lowest BCUT2D eigenvalue weighted by Gasteiger charge is -2.58. The summed E-state index contributed by atoms with van der Waals surface area (Å²) in [5.74, 6) is 0.943. The van der Waals surface area contributed by atoms with Crippen molar-refractivity contribution in [2.75, 3.05) is 38.7 Å². The Morgan fingerprint density at radius 2 is 1.31 bits per heavy atom. The highest BCUT2D eigenvalue weighted by molar-refractivity contribution is 9.10. The number of hydrogen-bond acceptors (Lipinski definition) is 4. The lowest BCUT2D eigenvalue weighted by atomic mass is 9.74. The number of hydrogen-bond donors (Lipinski definition) is 1. The van der Waals surface area contributed by atoms with Gasteiger partial charge in [-0.25, -0.2) is 4.79 Å². The highest BCUT2D eigenvalue weighted by Crippen LogP contribution is 2.46. The van der Waals surface area contributed by atoms with Crippen LogP contribution in [0.4, 0.5) is 10.5 Å². The van der Waals surface area contributed by atoms with Crippen LogP contribution in [0.5, 0.6) is 5.75 Å². The Bertz CT molecular complexity index is 1710. The van der Waals surface area contributed by atoms with Crippen LogP contribution in [0.25, 0.3) is 0 Å². The van der Waals surface area contributed by atoms with Gasteiger partial charge >= 0.3 is 6.03 Å². The Balaban J connectivity index is 1.21. The van der Waals surface area contributed by atoms with Crippen molar-refractivity contribution in [3.8, 4) is 5.75 Å². The predicted molar refractivity (Wildman–Crippen MR) is 199 cm³/mol. The van der Waals surface area contributed by atoms with Crippen LogP contribution in [0.1, 0.15) is 41.0 Å². The van der Waals surface area contributed by atoms with E-state index in [-0.39, 0.29) is 24.0 Å². The number of carbonyl (C=O) groups excluding carboxylic acids is 1. The highest BCUT2D eigenvalue weighted by Gasteiger charge is 2.51. The number of methoxy groups -OCH3 is 1. The molecule has 5 aromatic carbocycles. The minimum Gasteiger partial charge on any atom is -0.497 e. The minimum atomic E-state index is -0.799. The summed E-state index contributed by atoms with van der Waals surface area (Å²) in [6, 6.07) is 48.1. The van der Waals surface area contributed by atoms with Crippen LogP contribution in [-0.2, 0) is 10.3 Å². The molecule has 2 heterocycles. The molecule has 0 saturated carbocycles. The van der Waals surface area contributed by atoms with Crippen LogP contribution in [0.2, 0.25) is 0 Å². The van der Waals surface area contributed by atoms with Gasteiger partial charge in [0, 0.05) is 41.3 Å². The molecule has 2 amide bonds. The van der Waals surface area contributed by atoms with Gasteiger partial charge in [-0.15, -0.1) is 0 Å². The highest BCUT2D eigenvalue weighted by atomic mass is 79.9. The summed E-state index contributed by atoms with van der Waals surface area (Å²) in [7, 11) is 1.64. The lowest BCUT2D eigenvalue weighted by Crippen LogP contribution is -2.68. The van der Waals surface area contributed by atoms with E-state index in [1.165, 1.54) is 5.56 Å². The number of anilines is 1. The molecular weight excluding hydrogens is 674 g/mol. The van der Waals surface area contributed by atoms with E-state index in [0.29, 0.717) is 13.2 Å². The van der Waals surface area contributed by atoms with Crippen molar-refractivity contribution in [2.45, 2.75) is 36.4 Å². The zero-order valence-corrected chi connectivity index (χ0v) is 29.3. The van der Waals surface area contributed by atoms with E-state index in [2.05, 4.69) is 141 Å². The quantitative estimate of drug-likeness (QED) is 0.155. The molecule has 0 aromatic heterocycles. The molecule has 2 saturated heterocycles. The van der Waals surface area contributed by atoms with E-state index < -0.39 is 5.60 Å². The van der Waals surface area contributed by atoms with Crippen molar-refractivity contribution in [1.82, 2.24) is 9.80 Å². The lowest BCUT2D eigenvalue weighted by molar-refractivity contribution is -0.101. The van der Waals surface area contributed by atoms with Gasteiger partial charge in [0.25, 0.3) is 0 Å². The molecule has 1 N–H and O–H groups in total. The van der Waals surface area contributed by atoms with Crippen molar-refractivity contribution in [2.24, 2.45) is 0 Å². The molecule has 0 radical (unpaired) electrons. The third-order valence-electron chi connectivity index (χ3n) is 10.1. The Morgan fingerprint density at radius 1 is 0.755 bits per heavy atom. The maximum atomic E-state index is 13.7. The number of carbonyl (C=O) groups is 1. The number of ether oxygens (including phenoxy) is 2. The second-order valence-corrected chi connectivity index (χ2v) is 13.8. The number of nitrogens with one attached hydrogen (secondary N) is 1. The predicted octanol–water partition coefficient (Wildman–Crippen LogP) is 8.93. The summed E-state index contributed by atoms with van der Waals surface area (Å²) >= 11 is 3.64. The Labute approximate surface area is 297 Å². The molecule has 5 aromatic rings. The van der Waals surface area contributed by atoms with Gasteiger partial charge in [0.05, 0.1) is 13.7 Å². The fourth-order valence-corrected chi connectivity index (χ4v) is 7.91. The number of fused-ring (bicyclic) bond motifs is 1. The zero-order chi connectivity index (χ0) is 33.6. The first kappa shape index (κ1) is 33.1. The number of benzene rings is 5. The fourth-order valence-electron chi connectivity index (χ4n) is 7.65. The first-order chi connectivity index (χ1) is 24.1. The minimum absolute atomic E-state index is 0.0717. The first-order valence-corrected chi connectivity index (χ1v) is 17.9. The van der Waals surface area contributed by atoms with Crippen molar-refractivity contribution >= 4 is 27.6 Å². The van der Waals surface area contributed by atoms with Gasteiger partial charge in [0.2, 0.25) is 0 Å². The molecule has 6 nitrogen and oxygen atoms in total. The van der Waals surface area contributed by atoms with Gasteiger partial charge in [0.1, 0.15) is 11.4 Å². The smallest absolute Gasteiger partial charge is 0.321 e. The molecule has 2 aliphatic rings. The summed E-state index contributed by atoms with van der Waals surface area (Å²) in [5.41, 5.74) is 4.51. The number of halogens is 1. The molecule has 7 heteroatoms. The monoisotopic (exact) mass is 715 g/mol. The average molecular weight is 717 g/mol. The first-order valence-electron chi connectivity index (χ1n) is 17.1. The van der Waals surface area contributed by atoms with Crippen LogP contribution in [0.15, 0.2) is 144 Å². The van der Waals surface area contributed by atoms with Crippen LogP contribution < -0.4 is 10.1 Å².